The molecule has 0 fully saturated rings. The van der Waals surface area contributed by atoms with Gasteiger partial charge in [0.25, 0.3) is 0 Å². The smallest absolute Gasteiger partial charge is 0.229 e. The van der Waals surface area contributed by atoms with E-state index in [-0.39, 0.29) is 0 Å². The highest BCUT2D eigenvalue weighted by Crippen LogP contribution is 2.22. The van der Waals surface area contributed by atoms with Gasteiger partial charge in [0.05, 0.1) is 18.6 Å². The fourth-order valence-corrected chi connectivity index (χ4v) is 4.30. The van der Waals surface area contributed by atoms with Crippen molar-refractivity contribution in [1.82, 2.24) is 19.5 Å². The van der Waals surface area contributed by atoms with Crippen LogP contribution in [0.15, 0.2) is 59.6 Å². The van der Waals surface area contributed by atoms with Gasteiger partial charge in [-0.15, -0.1) is 12.6 Å². The van der Waals surface area contributed by atoms with Crippen LogP contribution in [-0.4, -0.2) is 56.4 Å². The Balaban J connectivity index is 1.48. The number of allylic oxidation sites excluding steroid dienone is 1. The molecule has 0 saturated carbocycles. The van der Waals surface area contributed by atoms with Crippen molar-refractivity contribution in [2.45, 2.75) is 11.3 Å². The molecule has 0 atom stereocenters. The largest absolute Gasteiger partial charge is 0.372 e. The molecular formula is C22H28N6O3S4. The van der Waals surface area contributed by atoms with Crippen molar-refractivity contribution in [3.8, 4) is 5.69 Å². The third-order valence-corrected chi connectivity index (χ3v) is 6.55. The zero-order chi connectivity index (χ0) is 25.4. The molecule has 3 rings (SSSR count). The number of benzene rings is 2. The van der Waals surface area contributed by atoms with E-state index in [0.29, 0.717) is 35.8 Å². The molecule has 0 unspecified atom stereocenters. The molecular weight excluding hydrogens is 525 g/mol. The summed E-state index contributed by atoms with van der Waals surface area (Å²) < 4.78 is 33.2. The van der Waals surface area contributed by atoms with Crippen molar-refractivity contribution in [2.24, 2.45) is 0 Å². The Kier molecular flexibility index (Phi) is 9.57. The molecule has 0 radical (unpaired) electrons. The highest BCUT2D eigenvalue weighted by atomic mass is 32.2. The number of thiol groups is 1. The van der Waals surface area contributed by atoms with Crippen molar-refractivity contribution in [1.29, 1.82) is 0 Å². The molecule has 188 valence electrons. The van der Waals surface area contributed by atoms with Crippen LogP contribution in [0.25, 0.3) is 5.69 Å². The summed E-state index contributed by atoms with van der Waals surface area (Å²) in [4.78, 5) is 2.93. The van der Waals surface area contributed by atoms with E-state index < -0.39 is 10.0 Å². The van der Waals surface area contributed by atoms with Gasteiger partial charge in [0.15, 0.2) is 9.54 Å². The first-order valence-electron chi connectivity index (χ1n) is 10.6. The molecule has 1 aromatic heterocycles. The average molecular weight is 553 g/mol. The fourth-order valence-electron chi connectivity index (χ4n) is 3.17. The van der Waals surface area contributed by atoms with Gasteiger partial charge in [0.1, 0.15) is 6.73 Å². The number of aromatic amines is 2. The van der Waals surface area contributed by atoms with Crippen LogP contribution in [-0.2, 0) is 21.2 Å². The number of nitrogens with zero attached hydrogens (tertiary/aromatic N) is 2. The molecule has 0 saturated heterocycles. The predicted octanol–water partition coefficient (Wildman–Crippen LogP) is 4.01. The van der Waals surface area contributed by atoms with E-state index in [2.05, 4.69) is 37.8 Å². The number of hydrogen-bond acceptors (Lipinski definition) is 8. The van der Waals surface area contributed by atoms with Crippen LogP contribution in [0.5, 0.6) is 0 Å². The van der Waals surface area contributed by atoms with Gasteiger partial charge in [0, 0.05) is 36.1 Å². The normalized spacial score (nSPS) is 11.6. The van der Waals surface area contributed by atoms with Gasteiger partial charge in [-0.2, -0.15) is 0 Å². The number of H-pyrrole nitrogens is 2. The van der Waals surface area contributed by atoms with Crippen LogP contribution in [0, 0.1) is 9.54 Å². The summed E-state index contributed by atoms with van der Waals surface area (Å²) in [7, 11) is -1.27. The predicted molar refractivity (Wildman–Crippen MR) is 148 cm³/mol. The fraction of sp³-hybridized carbons (Fsp3) is 0.273. The van der Waals surface area contributed by atoms with Gasteiger partial charge >= 0.3 is 0 Å². The summed E-state index contributed by atoms with van der Waals surface area (Å²) >= 11 is 15.0. The molecule has 0 aliphatic carbocycles. The summed E-state index contributed by atoms with van der Waals surface area (Å²) in [5, 5.41) is 8.91. The number of nitrogens with one attached hydrogen (secondary N) is 4. The number of likely N-dealkylation sites (N-methyl/N-ethyl adjacent to an activating group) is 1. The molecule has 0 bridgehead atoms. The second-order valence-corrected chi connectivity index (χ2v) is 10.7. The van der Waals surface area contributed by atoms with Crippen LogP contribution >= 0.6 is 37.1 Å². The first-order valence-corrected chi connectivity index (χ1v) is 13.8. The number of ether oxygens (including phenoxy) is 1. The van der Waals surface area contributed by atoms with Gasteiger partial charge in [0.2, 0.25) is 10.0 Å². The Hall–Kier alpha value is -2.58. The van der Waals surface area contributed by atoms with E-state index in [1.54, 1.807) is 10.6 Å². The minimum Gasteiger partial charge on any atom is -0.372 e. The van der Waals surface area contributed by atoms with Crippen molar-refractivity contribution in [2.75, 3.05) is 43.4 Å². The van der Waals surface area contributed by atoms with Gasteiger partial charge in [-0.1, -0.05) is 12.1 Å². The molecule has 2 aromatic carbocycles. The Morgan fingerprint density at radius 1 is 1.17 bits per heavy atom. The maximum atomic E-state index is 11.2. The van der Waals surface area contributed by atoms with Crippen molar-refractivity contribution < 1.29 is 13.2 Å². The lowest BCUT2D eigenvalue weighted by Gasteiger charge is -2.20. The lowest BCUT2D eigenvalue weighted by atomic mass is 10.1. The maximum Gasteiger partial charge on any atom is 0.229 e. The highest BCUT2D eigenvalue weighted by Gasteiger charge is 2.06. The number of rotatable bonds is 12. The summed E-state index contributed by atoms with van der Waals surface area (Å²) in [5.41, 5.74) is 3.76. The quantitative estimate of drug-likeness (QED) is 0.100. The third kappa shape index (κ3) is 8.25. The summed E-state index contributed by atoms with van der Waals surface area (Å²) in [6.07, 6.45) is 4.85. The second-order valence-electron chi connectivity index (χ2n) is 7.71. The summed E-state index contributed by atoms with van der Waals surface area (Å²) in [5.74, 6) is 0. The SMILES string of the molecule is CN(CCOCNc1cccc(-n2c(=S)[nH][nH]c2=S)c1)c1ccc(S)c(CC=CNS(C)(=O)=O)c1. The second kappa shape index (κ2) is 12.4. The van der Waals surface area contributed by atoms with E-state index in [0.717, 1.165) is 33.8 Å². The zero-order valence-corrected chi connectivity index (χ0v) is 22.7. The number of hydrogen-bond donors (Lipinski definition) is 5. The van der Waals surface area contributed by atoms with Crippen molar-refractivity contribution in [3.63, 3.8) is 0 Å². The van der Waals surface area contributed by atoms with Crippen molar-refractivity contribution in [3.05, 3.63) is 69.8 Å². The highest BCUT2D eigenvalue weighted by molar-refractivity contribution is 7.88. The van der Waals surface area contributed by atoms with E-state index >= 15 is 0 Å². The van der Waals surface area contributed by atoms with E-state index in [1.165, 1.54) is 6.20 Å². The lowest BCUT2D eigenvalue weighted by molar-refractivity contribution is 0.159. The van der Waals surface area contributed by atoms with Crippen LogP contribution in [0.2, 0.25) is 0 Å². The van der Waals surface area contributed by atoms with Crippen molar-refractivity contribution >= 4 is 58.5 Å². The molecule has 0 amide bonds. The topological polar surface area (TPSA) is 107 Å². The number of sulfonamides is 1. The van der Waals surface area contributed by atoms with E-state index in [4.69, 9.17) is 29.2 Å². The Morgan fingerprint density at radius 3 is 2.63 bits per heavy atom. The van der Waals surface area contributed by atoms with Gasteiger partial charge < -0.3 is 15.0 Å². The van der Waals surface area contributed by atoms with Crippen LogP contribution in [0.4, 0.5) is 11.4 Å². The van der Waals surface area contributed by atoms with Crippen LogP contribution < -0.4 is 14.9 Å². The van der Waals surface area contributed by atoms with Crippen LogP contribution in [0.3, 0.4) is 0 Å². The van der Waals surface area contributed by atoms with Crippen LogP contribution in [0.1, 0.15) is 5.56 Å². The Morgan fingerprint density at radius 2 is 1.91 bits per heavy atom. The number of anilines is 2. The summed E-state index contributed by atoms with van der Waals surface area (Å²) in [6, 6.07) is 13.7. The van der Waals surface area contributed by atoms with E-state index in [9.17, 15) is 8.42 Å². The molecule has 13 heteroatoms. The minimum absolute atomic E-state index is 0.349. The third-order valence-electron chi connectivity index (χ3n) is 4.98. The first-order chi connectivity index (χ1) is 16.6. The first kappa shape index (κ1) is 27.0. The lowest BCUT2D eigenvalue weighted by Crippen LogP contribution is -2.23. The monoisotopic (exact) mass is 552 g/mol. The molecule has 4 N–H and O–H groups in total. The Bertz CT molecular complexity index is 1370. The Labute approximate surface area is 220 Å². The molecule has 1 heterocycles. The van der Waals surface area contributed by atoms with Gasteiger partial charge in [-0.3, -0.25) is 19.5 Å². The zero-order valence-electron chi connectivity index (χ0n) is 19.3. The van der Waals surface area contributed by atoms with Gasteiger partial charge in [-0.05, 0) is 72.8 Å². The number of aromatic nitrogens is 3. The van der Waals surface area contributed by atoms with E-state index in [1.807, 2.05) is 49.5 Å². The molecule has 0 aliphatic rings. The average Bonchev–Trinajstić information content (AvgIpc) is 3.14. The molecule has 3 aromatic rings. The summed E-state index contributed by atoms with van der Waals surface area (Å²) in [6.45, 7) is 1.56. The molecule has 9 nitrogen and oxygen atoms in total. The maximum absolute atomic E-state index is 11.2. The van der Waals surface area contributed by atoms with Gasteiger partial charge in [-0.25, -0.2) is 8.42 Å². The standard InChI is InChI=1S/C22H28N6O3S4/c1-27(18-8-9-20(32)16(13-18)5-4-10-24-35(2,29)30)11-12-31-15-23-17-6-3-7-19(14-17)28-21(33)25-26-22(28)34/h3-4,6-10,13-14,23-24,32H,5,11-12,15H2,1-2H3,(H,25,33)(H,26,34). The minimum atomic E-state index is -3.25. The molecule has 35 heavy (non-hydrogen) atoms. The molecule has 0 spiro atoms. The molecule has 0 aliphatic heterocycles.